The second kappa shape index (κ2) is 8.70. The number of nitrogens with one attached hydrogen (secondary N) is 1. The maximum absolute atomic E-state index is 7.57. The molecule has 124 valence electrons. The molecule has 0 aliphatic heterocycles. The Hall–Kier alpha value is -1.06. The van der Waals surface area contributed by atoms with E-state index in [4.69, 9.17) is 28.3 Å². The molecule has 4 heteroatoms. The Balaban J connectivity index is 0.000000595. The van der Waals surface area contributed by atoms with E-state index in [2.05, 4.69) is 35.6 Å². The fraction of sp³-hybridized carbons (Fsp3) is 0.368. The molecule has 2 atom stereocenters. The average Bonchev–Trinajstić information content (AvgIpc) is 2.57. The van der Waals surface area contributed by atoms with Gasteiger partial charge in [0.1, 0.15) is 0 Å². The minimum Gasteiger partial charge on any atom is -0.397 e. The summed E-state index contributed by atoms with van der Waals surface area (Å²) in [4.78, 5) is 0. The summed E-state index contributed by atoms with van der Waals surface area (Å²) in [5.74, 6) is 0.408. The lowest BCUT2D eigenvalue weighted by atomic mass is 9.77. The number of benzene rings is 2. The molecule has 0 heterocycles. The number of halogens is 2. The topological polar surface area (TPSA) is 32.3 Å². The van der Waals surface area contributed by atoms with Crippen LogP contribution < -0.4 is 5.32 Å². The molecule has 0 amide bonds. The van der Waals surface area contributed by atoms with Crippen LogP contribution in [0.2, 0.25) is 10.0 Å². The summed E-state index contributed by atoms with van der Waals surface area (Å²) >= 11 is 12.2. The van der Waals surface area contributed by atoms with E-state index in [0.29, 0.717) is 22.0 Å². The summed E-state index contributed by atoms with van der Waals surface area (Å²) in [5, 5.41) is 12.2. The Morgan fingerprint density at radius 1 is 1.04 bits per heavy atom. The smallest absolute Gasteiger partial charge is 0.0595 e. The van der Waals surface area contributed by atoms with Crippen molar-refractivity contribution in [2.75, 3.05) is 13.7 Å². The molecule has 3 rings (SSSR count). The molecule has 2 aromatic carbocycles. The van der Waals surface area contributed by atoms with Crippen molar-refractivity contribution >= 4 is 23.2 Å². The second-order valence-electron chi connectivity index (χ2n) is 5.59. The van der Waals surface area contributed by atoms with Crippen LogP contribution in [0.25, 0.3) is 0 Å². The summed E-state index contributed by atoms with van der Waals surface area (Å²) in [5.41, 5.74) is 4.05. The Morgan fingerprint density at radius 2 is 1.70 bits per heavy atom. The van der Waals surface area contributed by atoms with E-state index in [9.17, 15) is 0 Å². The molecular formula is C19H23Cl2NO. The van der Waals surface area contributed by atoms with Crippen molar-refractivity contribution in [2.45, 2.75) is 31.7 Å². The molecule has 0 saturated heterocycles. The monoisotopic (exact) mass is 351 g/mol. The van der Waals surface area contributed by atoms with Crippen LogP contribution in [0.15, 0.2) is 42.5 Å². The maximum Gasteiger partial charge on any atom is 0.0595 e. The van der Waals surface area contributed by atoms with Crippen LogP contribution in [0.4, 0.5) is 0 Å². The largest absolute Gasteiger partial charge is 0.397 e. The summed E-state index contributed by atoms with van der Waals surface area (Å²) in [7, 11) is 2.03. The van der Waals surface area contributed by atoms with Gasteiger partial charge in [0.15, 0.2) is 0 Å². The van der Waals surface area contributed by atoms with E-state index in [1.807, 2.05) is 19.2 Å². The molecule has 0 unspecified atom stereocenters. The first-order valence-corrected chi connectivity index (χ1v) is 8.69. The van der Waals surface area contributed by atoms with Crippen LogP contribution in [0.1, 0.15) is 48.4 Å². The van der Waals surface area contributed by atoms with Gasteiger partial charge < -0.3 is 10.4 Å². The van der Waals surface area contributed by atoms with Gasteiger partial charge in [-0.05, 0) is 55.6 Å². The lowest BCUT2D eigenvalue weighted by Crippen LogP contribution is -2.24. The van der Waals surface area contributed by atoms with Crippen molar-refractivity contribution in [2.24, 2.45) is 0 Å². The zero-order chi connectivity index (χ0) is 16.8. The molecule has 0 saturated carbocycles. The van der Waals surface area contributed by atoms with Crippen molar-refractivity contribution in [3.05, 3.63) is 69.2 Å². The van der Waals surface area contributed by atoms with Crippen LogP contribution in [-0.2, 0) is 0 Å². The molecule has 0 fully saturated rings. The van der Waals surface area contributed by atoms with Gasteiger partial charge in [-0.2, -0.15) is 0 Å². The SMILES string of the molecule is CCO.CN[C@H]1CC[C@@H](c2ccc(Cl)c(Cl)c2)c2ccccc21. The van der Waals surface area contributed by atoms with Crippen LogP contribution in [0.3, 0.4) is 0 Å². The third-order valence-corrected chi connectivity index (χ3v) is 4.92. The van der Waals surface area contributed by atoms with Crippen LogP contribution in [0, 0.1) is 0 Å². The number of fused-ring (bicyclic) bond motifs is 1. The Kier molecular flexibility index (Phi) is 6.91. The third kappa shape index (κ3) is 4.27. The van der Waals surface area contributed by atoms with Crippen LogP contribution in [-0.4, -0.2) is 18.8 Å². The molecule has 2 aromatic rings. The van der Waals surface area contributed by atoms with Crippen LogP contribution in [0.5, 0.6) is 0 Å². The average molecular weight is 352 g/mol. The molecule has 0 aromatic heterocycles. The highest BCUT2D eigenvalue weighted by atomic mass is 35.5. The van der Waals surface area contributed by atoms with Crippen molar-refractivity contribution in [1.29, 1.82) is 0 Å². The first-order chi connectivity index (χ1) is 11.1. The van der Waals surface area contributed by atoms with Crippen molar-refractivity contribution in [1.82, 2.24) is 5.32 Å². The highest BCUT2D eigenvalue weighted by Crippen LogP contribution is 2.42. The standard InChI is InChI=1S/C17H17Cl2N.C2H6O/c1-20-17-9-7-12(13-4-2-3-5-14(13)17)11-6-8-15(18)16(19)10-11;1-2-3/h2-6,8,10,12,17,20H,7,9H2,1H3;3H,2H2,1H3/t12-,17-;/m0./s1. The summed E-state index contributed by atoms with van der Waals surface area (Å²) in [6.07, 6.45) is 2.26. The maximum atomic E-state index is 7.57. The van der Waals surface area contributed by atoms with Gasteiger partial charge in [0.25, 0.3) is 0 Å². The van der Waals surface area contributed by atoms with Crippen LogP contribution >= 0.6 is 23.2 Å². The quantitative estimate of drug-likeness (QED) is 0.781. The fourth-order valence-electron chi connectivity index (χ4n) is 3.17. The predicted molar refractivity (Wildman–Crippen MR) is 98.5 cm³/mol. The van der Waals surface area contributed by atoms with E-state index in [1.165, 1.54) is 16.7 Å². The van der Waals surface area contributed by atoms with Crippen molar-refractivity contribution in [3.63, 3.8) is 0 Å². The molecular weight excluding hydrogens is 329 g/mol. The number of hydrogen-bond donors (Lipinski definition) is 2. The van der Waals surface area contributed by atoms with Gasteiger partial charge in [0.05, 0.1) is 10.0 Å². The first kappa shape index (κ1) is 18.3. The molecule has 1 aliphatic rings. The van der Waals surface area contributed by atoms with E-state index in [-0.39, 0.29) is 6.61 Å². The molecule has 23 heavy (non-hydrogen) atoms. The number of rotatable bonds is 2. The lowest BCUT2D eigenvalue weighted by molar-refractivity contribution is 0.318. The van der Waals surface area contributed by atoms with E-state index >= 15 is 0 Å². The molecule has 0 spiro atoms. The Morgan fingerprint density at radius 3 is 2.30 bits per heavy atom. The summed E-state index contributed by atoms with van der Waals surface area (Å²) in [6.45, 7) is 1.93. The molecule has 1 aliphatic carbocycles. The van der Waals surface area contributed by atoms with Crippen molar-refractivity contribution in [3.8, 4) is 0 Å². The minimum absolute atomic E-state index is 0.250. The van der Waals surface area contributed by atoms with Gasteiger partial charge >= 0.3 is 0 Å². The molecule has 0 bridgehead atoms. The zero-order valence-electron chi connectivity index (χ0n) is 13.5. The second-order valence-corrected chi connectivity index (χ2v) is 6.40. The predicted octanol–water partition coefficient (Wildman–Crippen LogP) is 5.18. The number of aliphatic hydroxyl groups excluding tert-OH is 1. The summed E-state index contributed by atoms with van der Waals surface area (Å²) < 4.78 is 0. The highest BCUT2D eigenvalue weighted by Gasteiger charge is 2.27. The van der Waals surface area contributed by atoms with Gasteiger partial charge in [0.2, 0.25) is 0 Å². The summed E-state index contributed by atoms with van der Waals surface area (Å²) in [6, 6.07) is 15.1. The van der Waals surface area contributed by atoms with Gasteiger partial charge in [-0.1, -0.05) is 53.5 Å². The van der Waals surface area contributed by atoms with Gasteiger partial charge in [0, 0.05) is 18.6 Å². The van der Waals surface area contributed by atoms with Gasteiger partial charge in [-0.25, -0.2) is 0 Å². The van der Waals surface area contributed by atoms with Gasteiger partial charge in [-0.3, -0.25) is 0 Å². The Labute approximate surface area is 148 Å². The lowest BCUT2D eigenvalue weighted by Gasteiger charge is -2.32. The fourth-order valence-corrected chi connectivity index (χ4v) is 3.47. The van der Waals surface area contributed by atoms with Gasteiger partial charge in [-0.15, -0.1) is 0 Å². The normalized spacial score (nSPS) is 19.5. The first-order valence-electron chi connectivity index (χ1n) is 7.94. The zero-order valence-corrected chi connectivity index (χ0v) is 15.0. The molecule has 2 N–H and O–H groups in total. The van der Waals surface area contributed by atoms with Crippen molar-refractivity contribution < 1.29 is 5.11 Å². The number of aliphatic hydroxyl groups is 1. The number of hydrogen-bond acceptors (Lipinski definition) is 2. The highest BCUT2D eigenvalue weighted by molar-refractivity contribution is 6.42. The van der Waals surface area contributed by atoms with E-state index < -0.39 is 0 Å². The van der Waals surface area contributed by atoms with E-state index in [1.54, 1.807) is 6.92 Å². The minimum atomic E-state index is 0.250. The van der Waals surface area contributed by atoms with E-state index in [0.717, 1.165) is 12.8 Å². The molecule has 0 radical (unpaired) electrons. The third-order valence-electron chi connectivity index (χ3n) is 4.19. The molecule has 2 nitrogen and oxygen atoms in total. The Bertz CT molecular complexity index is 645.